The number of rotatable bonds is 6. The van der Waals surface area contributed by atoms with Crippen LogP contribution in [0.4, 0.5) is 0 Å². The average molecular weight is 174 g/mol. The Morgan fingerprint density at radius 3 is 2.50 bits per heavy atom. The number of carboxylic acids is 1. The molecular formula is C9H18O3. The fourth-order valence-corrected chi connectivity index (χ4v) is 1.36. The number of aliphatic carboxylic acids is 1. The number of carbonyl (C=O) groups is 1. The minimum Gasteiger partial charge on any atom is -0.481 e. The van der Waals surface area contributed by atoms with Gasteiger partial charge >= 0.3 is 5.97 Å². The number of aliphatic hydroxyl groups is 1. The Bertz CT molecular complexity index is 134. The molecule has 0 heterocycles. The maximum atomic E-state index is 10.2. The third kappa shape index (κ3) is 6.16. The summed E-state index contributed by atoms with van der Waals surface area (Å²) in [5.74, 6) is -0.504. The van der Waals surface area contributed by atoms with Crippen LogP contribution in [0.5, 0.6) is 0 Å². The summed E-state index contributed by atoms with van der Waals surface area (Å²) in [5, 5.41) is 17.6. The first-order chi connectivity index (χ1) is 5.56. The molecule has 0 saturated heterocycles. The van der Waals surface area contributed by atoms with E-state index in [1.807, 2.05) is 6.92 Å². The van der Waals surface area contributed by atoms with Gasteiger partial charge in [-0.15, -0.1) is 0 Å². The topological polar surface area (TPSA) is 57.5 Å². The minimum atomic E-state index is -0.925. The van der Waals surface area contributed by atoms with Crippen LogP contribution in [0.3, 0.4) is 0 Å². The third-order valence-electron chi connectivity index (χ3n) is 1.87. The molecule has 2 N–H and O–H groups in total. The highest BCUT2D eigenvalue weighted by Crippen LogP contribution is 2.13. The Morgan fingerprint density at radius 2 is 2.08 bits per heavy atom. The fourth-order valence-electron chi connectivity index (χ4n) is 1.36. The quantitative estimate of drug-likeness (QED) is 0.643. The Balaban J connectivity index is 3.53. The van der Waals surface area contributed by atoms with Gasteiger partial charge in [0.1, 0.15) is 0 Å². The molecule has 0 amide bonds. The Kier molecular flexibility index (Phi) is 5.72. The molecule has 3 nitrogen and oxygen atoms in total. The van der Waals surface area contributed by atoms with Crippen LogP contribution >= 0.6 is 0 Å². The molecule has 0 fully saturated rings. The third-order valence-corrected chi connectivity index (χ3v) is 1.87. The lowest BCUT2D eigenvalue weighted by Gasteiger charge is -2.13. The van der Waals surface area contributed by atoms with E-state index in [2.05, 4.69) is 6.92 Å². The first-order valence-corrected chi connectivity index (χ1v) is 4.46. The zero-order chi connectivity index (χ0) is 9.56. The highest BCUT2D eigenvalue weighted by molar-refractivity contribution is 5.67. The van der Waals surface area contributed by atoms with Crippen LogP contribution in [-0.4, -0.2) is 22.3 Å². The average Bonchev–Trinajstić information content (AvgIpc) is 1.84. The molecule has 2 atom stereocenters. The van der Waals surface area contributed by atoms with Crippen LogP contribution in [0.15, 0.2) is 0 Å². The van der Waals surface area contributed by atoms with E-state index in [0.717, 1.165) is 12.8 Å². The van der Waals surface area contributed by atoms with Gasteiger partial charge in [-0.3, -0.25) is 4.79 Å². The fraction of sp³-hybridized carbons (Fsp3) is 0.889. The van der Waals surface area contributed by atoms with Crippen molar-refractivity contribution >= 4 is 5.97 Å². The van der Waals surface area contributed by atoms with Crippen molar-refractivity contribution in [3.8, 4) is 0 Å². The predicted molar refractivity (Wildman–Crippen MR) is 46.9 cm³/mol. The van der Waals surface area contributed by atoms with Crippen molar-refractivity contribution in [1.82, 2.24) is 0 Å². The smallest absolute Gasteiger partial charge is 0.305 e. The summed E-state index contributed by atoms with van der Waals surface area (Å²) in [7, 11) is 0. The van der Waals surface area contributed by atoms with Gasteiger partial charge in [0.05, 0.1) is 12.5 Å². The molecule has 0 aromatic carbocycles. The highest BCUT2D eigenvalue weighted by atomic mass is 16.4. The molecule has 0 rings (SSSR count). The number of hydrogen-bond acceptors (Lipinski definition) is 2. The second kappa shape index (κ2) is 6.00. The monoisotopic (exact) mass is 174 g/mol. The van der Waals surface area contributed by atoms with Gasteiger partial charge in [-0.25, -0.2) is 0 Å². The summed E-state index contributed by atoms with van der Waals surface area (Å²) in [6.07, 6.45) is 1.93. The van der Waals surface area contributed by atoms with E-state index >= 15 is 0 Å². The zero-order valence-corrected chi connectivity index (χ0v) is 7.79. The largest absolute Gasteiger partial charge is 0.481 e. The highest BCUT2D eigenvalue weighted by Gasteiger charge is 2.12. The second-order valence-corrected chi connectivity index (χ2v) is 3.38. The SMILES string of the molecule is CCC[C@@H](C)C[C@@H](O)CC(=O)O. The number of aliphatic hydroxyl groups excluding tert-OH is 1. The van der Waals surface area contributed by atoms with Crippen LogP contribution < -0.4 is 0 Å². The maximum Gasteiger partial charge on any atom is 0.305 e. The van der Waals surface area contributed by atoms with Gasteiger partial charge in [0.25, 0.3) is 0 Å². The van der Waals surface area contributed by atoms with E-state index in [4.69, 9.17) is 5.11 Å². The van der Waals surface area contributed by atoms with Crippen LogP contribution in [0.1, 0.15) is 39.5 Å². The van der Waals surface area contributed by atoms with Crippen LogP contribution in [0.2, 0.25) is 0 Å². The van der Waals surface area contributed by atoms with E-state index in [1.165, 1.54) is 0 Å². The molecule has 0 radical (unpaired) electrons. The van der Waals surface area contributed by atoms with Gasteiger partial charge in [0, 0.05) is 0 Å². The summed E-state index contributed by atoms with van der Waals surface area (Å²) >= 11 is 0. The molecule has 0 unspecified atom stereocenters. The van der Waals surface area contributed by atoms with Gasteiger partial charge in [-0.1, -0.05) is 26.7 Å². The Hall–Kier alpha value is -0.570. The number of hydrogen-bond donors (Lipinski definition) is 2. The standard InChI is InChI=1S/C9H18O3/c1-3-4-7(2)5-8(10)6-9(11)12/h7-8,10H,3-6H2,1-2H3,(H,11,12)/t7-,8-/m1/s1. The molecule has 12 heavy (non-hydrogen) atoms. The van der Waals surface area contributed by atoms with Crippen molar-refractivity contribution in [1.29, 1.82) is 0 Å². The van der Waals surface area contributed by atoms with Crippen LogP contribution in [-0.2, 0) is 4.79 Å². The summed E-state index contributed by atoms with van der Waals surface area (Å²) < 4.78 is 0. The minimum absolute atomic E-state index is 0.131. The predicted octanol–water partition coefficient (Wildman–Crippen LogP) is 1.65. The van der Waals surface area contributed by atoms with E-state index < -0.39 is 12.1 Å². The lowest BCUT2D eigenvalue weighted by molar-refractivity contribution is -0.139. The molecular weight excluding hydrogens is 156 g/mol. The molecule has 0 aromatic rings. The molecule has 0 saturated carbocycles. The summed E-state index contributed by atoms with van der Waals surface area (Å²) in [6, 6.07) is 0. The molecule has 0 aliphatic carbocycles. The zero-order valence-electron chi connectivity index (χ0n) is 7.79. The maximum absolute atomic E-state index is 10.2. The molecule has 72 valence electrons. The Labute approximate surface area is 73.4 Å². The van der Waals surface area contributed by atoms with Gasteiger partial charge in [0.15, 0.2) is 0 Å². The van der Waals surface area contributed by atoms with Gasteiger partial charge < -0.3 is 10.2 Å². The van der Waals surface area contributed by atoms with Crippen molar-refractivity contribution in [2.45, 2.75) is 45.6 Å². The second-order valence-electron chi connectivity index (χ2n) is 3.38. The van der Waals surface area contributed by atoms with Crippen LogP contribution in [0, 0.1) is 5.92 Å². The van der Waals surface area contributed by atoms with E-state index in [9.17, 15) is 9.90 Å². The number of carboxylic acid groups (broad SMARTS) is 1. The molecule has 0 spiro atoms. The van der Waals surface area contributed by atoms with Gasteiger partial charge in [-0.05, 0) is 12.3 Å². The van der Waals surface area contributed by atoms with Crippen molar-refractivity contribution in [2.24, 2.45) is 5.92 Å². The Morgan fingerprint density at radius 1 is 1.50 bits per heavy atom. The summed E-state index contributed by atoms with van der Waals surface area (Å²) in [5.41, 5.74) is 0. The van der Waals surface area contributed by atoms with Crippen LogP contribution in [0.25, 0.3) is 0 Å². The van der Waals surface area contributed by atoms with Crippen molar-refractivity contribution in [3.63, 3.8) is 0 Å². The molecule has 0 aromatic heterocycles. The van der Waals surface area contributed by atoms with Crippen molar-refractivity contribution in [3.05, 3.63) is 0 Å². The molecule has 0 aliphatic heterocycles. The lowest BCUT2D eigenvalue weighted by atomic mass is 9.97. The van der Waals surface area contributed by atoms with E-state index in [1.54, 1.807) is 0 Å². The first kappa shape index (κ1) is 11.4. The van der Waals surface area contributed by atoms with E-state index in [-0.39, 0.29) is 6.42 Å². The summed E-state index contributed by atoms with van der Waals surface area (Å²) in [4.78, 5) is 10.2. The lowest BCUT2D eigenvalue weighted by Crippen LogP contribution is -2.16. The normalized spacial score (nSPS) is 15.6. The molecule has 0 aliphatic rings. The van der Waals surface area contributed by atoms with E-state index in [0.29, 0.717) is 12.3 Å². The molecule has 3 heteroatoms. The summed E-state index contributed by atoms with van der Waals surface area (Å²) in [6.45, 7) is 4.12. The first-order valence-electron chi connectivity index (χ1n) is 4.46. The van der Waals surface area contributed by atoms with Crippen molar-refractivity contribution < 1.29 is 15.0 Å². The van der Waals surface area contributed by atoms with Gasteiger partial charge in [0.2, 0.25) is 0 Å². The van der Waals surface area contributed by atoms with Gasteiger partial charge in [-0.2, -0.15) is 0 Å². The molecule has 0 bridgehead atoms. The van der Waals surface area contributed by atoms with Crippen molar-refractivity contribution in [2.75, 3.05) is 0 Å².